The summed E-state index contributed by atoms with van der Waals surface area (Å²) < 4.78 is 6.32. The van der Waals surface area contributed by atoms with Crippen molar-refractivity contribution in [1.29, 1.82) is 0 Å². The Kier molecular flexibility index (Phi) is 6.41. The number of aliphatic hydroxyl groups is 3. The highest BCUT2D eigenvalue weighted by Crippen LogP contribution is 2.17. The molecule has 20 heavy (non-hydrogen) atoms. The Morgan fingerprint density at radius 2 is 1.75 bits per heavy atom. The molecule has 6 nitrogen and oxygen atoms in total. The van der Waals surface area contributed by atoms with E-state index in [0.717, 1.165) is 4.47 Å². The summed E-state index contributed by atoms with van der Waals surface area (Å²) in [5.41, 5.74) is -1.45. The lowest BCUT2D eigenvalue weighted by atomic mass is 10.0. The summed E-state index contributed by atoms with van der Waals surface area (Å²) in [4.78, 5) is 11.9. The zero-order valence-electron chi connectivity index (χ0n) is 11.0. The van der Waals surface area contributed by atoms with Gasteiger partial charge in [-0.25, -0.2) is 0 Å². The van der Waals surface area contributed by atoms with E-state index in [4.69, 9.17) is 20.1 Å². The molecule has 0 fully saturated rings. The maximum atomic E-state index is 11.9. The van der Waals surface area contributed by atoms with Gasteiger partial charge in [0, 0.05) is 4.47 Å². The van der Waals surface area contributed by atoms with Gasteiger partial charge in [0.05, 0.1) is 19.8 Å². The third-order valence-corrected chi connectivity index (χ3v) is 3.32. The summed E-state index contributed by atoms with van der Waals surface area (Å²) in [6, 6.07) is 6.95. The van der Waals surface area contributed by atoms with Crippen LogP contribution in [0.1, 0.15) is 6.92 Å². The topological polar surface area (TPSA) is 99.0 Å². The first kappa shape index (κ1) is 16.9. The second-order valence-electron chi connectivity index (χ2n) is 4.46. The fourth-order valence-electron chi connectivity index (χ4n) is 1.40. The molecule has 1 amide bonds. The van der Waals surface area contributed by atoms with Crippen LogP contribution < -0.4 is 10.1 Å². The molecular formula is C13H18BrNO5. The first-order chi connectivity index (χ1) is 9.46. The van der Waals surface area contributed by atoms with Gasteiger partial charge < -0.3 is 25.4 Å². The molecule has 0 bridgehead atoms. The molecule has 0 saturated heterocycles. The normalized spacial score (nSPS) is 12.8. The zero-order valence-corrected chi connectivity index (χ0v) is 12.6. The SMILES string of the molecule is CC(Oc1ccc(Br)cc1)C(=O)NC(CO)(CO)CO. The molecule has 112 valence electrons. The molecule has 1 unspecified atom stereocenters. The van der Waals surface area contributed by atoms with Gasteiger partial charge in [-0.2, -0.15) is 0 Å². The van der Waals surface area contributed by atoms with Crippen LogP contribution in [0.2, 0.25) is 0 Å². The van der Waals surface area contributed by atoms with Crippen LogP contribution >= 0.6 is 15.9 Å². The minimum atomic E-state index is -1.45. The van der Waals surface area contributed by atoms with Gasteiger partial charge >= 0.3 is 0 Å². The number of hydrogen-bond acceptors (Lipinski definition) is 5. The molecule has 0 heterocycles. The van der Waals surface area contributed by atoms with Crippen molar-refractivity contribution in [3.05, 3.63) is 28.7 Å². The van der Waals surface area contributed by atoms with Crippen molar-refractivity contribution >= 4 is 21.8 Å². The van der Waals surface area contributed by atoms with Crippen LogP contribution in [0, 0.1) is 0 Å². The van der Waals surface area contributed by atoms with Gasteiger partial charge in [-0.15, -0.1) is 0 Å². The molecule has 1 atom stereocenters. The summed E-state index contributed by atoms with van der Waals surface area (Å²) in [6.07, 6.45) is -0.833. The summed E-state index contributed by atoms with van der Waals surface area (Å²) in [7, 11) is 0. The molecule has 1 aromatic rings. The molecule has 0 aliphatic rings. The molecule has 0 aliphatic carbocycles. The number of halogens is 1. The van der Waals surface area contributed by atoms with E-state index in [2.05, 4.69) is 21.2 Å². The van der Waals surface area contributed by atoms with Crippen LogP contribution in [-0.4, -0.2) is 52.7 Å². The Morgan fingerprint density at radius 3 is 2.20 bits per heavy atom. The summed E-state index contributed by atoms with van der Waals surface area (Å²) in [6.45, 7) is -0.182. The summed E-state index contributed by atoms with van der Waals surface area (Å²) in [5.74, 6) is -0.0245. The fourth-order valence-corrected chi connectivity index (χ4v) is 1.67. The molecule has 7 heteroatoms. The van der Waals surface area contributed by atoms with Crippen LogP contribution in [0.25, 0.3) is 0 Å². The number of amides is 1. The first-order valence-electron chi connectivity index (χ1n) is 6.03. The van der Waals surface area contributed by atoms with Gasteiger partial charge in [-0.05, 0) is 31.2 Å². The molecule has 1 aromatic carbocycles. The van der Waals surface area contributed by atoms with Crippen LogP contribution in [0.15, 0.2) is 28.7 Å². The maximum Gasteiger partial charge on any atom is 0.261 e. The highest BCUT2D eigenvalue weighted by atomic mass is 79.9. The minimum absolute atomic E-state index is 0.512. The lowest BCUT2D eigenvalue weighted by Crippen LogP contribution is -2.59. The van der Waals surface area contributed by atoms with Gasteiger partial charge in [-0.3, -0.25) is 4.79 Å². The number of hydrogen-bond donors (Lipinski definition) is 4. The number of aliphatic hydroxyl groups excluding tert-OH is 3. The standard InChI is InChI=1S/C13H18BrNO5/c1-9(20-11-4-2-10(14)3-5-11)12(19)15-13(6-16,7-17)8-18/h2-5,9,16-18H,6-8H2,1H3,(H,15,19). The predicted molar refractivity (Wildman–Crippen MR) is 76.4 cm³/mol. The molecule has 0 radical (unpaired) electrons. The first-order valence-corrected chi connectivity index (χ1v) is 6.82. The van der Waals surface area contributed by atoms with Gasteiger partial charge in [0.2, 0.25) is 0 Å². The van der Waals surface area contributed by atoms with E-state index in [1.165, 1.54) is 6.92 Å². The van der Waals surface area contributed by atoms with E-state index >= 15 is 0 Å². The van der Waals surface area contributed by atoms with Gasteiger partial charge in [-0.1, -0.05) is 15.9 Å². The Hall–Kier alpha value is -1.15. The molecule has 1 rings (SSSR count). The molecule has 0 spiro atoms. The van der Waals surface area contributed by atoms with Crippen LogP contribution in [-0.2, 0) is 4.79 Å². The van der Waals surface area contributed by atoms with Crippen molar-refractivity contribution < 1.29 is 24.9 Å². The smallest absolute Gasteiger partial charge is 0.261 e. The fraction of sp³-hybridized carbons (Fsp3) is 0.462. The van der Waals surface area contributed by atoms with Crippen molar-refractivity contribution in [2.24, 2.45) is 0 Å². The number of rotatable bonds is 7. The van der Waals surface area contributed by atoms with Crippen molar-refractivity contribution in [3.63, 3.8) is 0 Å². The quantitative estimate of drug-likeness (QED) is 0.558. The van der Waals surface area contributed by atoms with E-state index < -0.39 is 37.4 Å². The van der Waals surface area contributed by atoms with E-state index in [1.54, 1.807) is 24.3 Å². The summed E-state index contributed by atoms with van der Waals surface area (Å²) in [5, 5.41) is 29.8. The number of benzene rings is 1. The minimum Gasteiger partial charge on any atom is -0.481 e. The van der Waals surface area contributed by atoms with Crippen molar-refractivity contribution in [1.82, 2.24) is 5.32 Å². The Balaban J connectivity index is 2.65. The van der Waals surface area contributed by atoms with Crippen LogP contribution in [0.3, 0.4) is 0 Å². The zero-order chi connectivity index (χ0) is 15.2. The second kappa shape index (κ2) is 7.58. The van der Waals surface area contributed by atoms with E-state index in [-0.39, 0.29) is 0 Å². The predicted octanol–water partition coefficient (Wildman–Crippen LogP) is 0.0483. The highest BCUT2D eigenvalue weighted by molar-refractivity contribution is 9.10. The number of ether oxygens (including phenoxy) is 1. The molecule has 0 aliphatic heterocycles. The average Bonchev–Trinajstić information content (AvgIpc) is 2.47. The number of carbonyl (C=O) groups is 1. The highest BCUT2D eigenvalue weighted by Gasteiger charge is 2.32. The molecule has 0 aromatic heterocycles. The lowest BCUT2D eigenvalue weighted by Gasteiger charge is -2.30. The largest absolute Gasteiger partial charge is 0.481 e. The van der Waals surface area contributed by atoms with Crippen molar-refractivity contribution in [2.45, 2.75) is 18.6 Å². The lowest BCUT2D eigenvalue weighted by molar-refractivity contribution is -0.131. The number of carbonyl (C=O) groups excluding carboxylic acids is 1. The second-order valence-corrected chi connectivity index (χ2v) is 5.37. The molecule has 0 saturated carbocycles. The third kappa shape index (κ3) is 4.45. The van der Waals surface area contributed by atoms with Gasteiger partial charge in [0.25, 0.3) is 5.91 Å². The Morgan fingerprint density at radius 1 is 1.25 bits per heavy atom. The van der Waals surface area contributed by atoms with Crippen LogP contribution in [0.4, 0.5) is 0 Å². The average molecular weight is 348 g/mol. The van der Waals surface area contributed by atoms with Crippen molar-refractivity contribution in [3.8, 4) is 5.75 Å². The Bertz CT molecular complexity index is 425. The summed E-state index contributed by atoms with van der Waals surface area (Å²) >= 11 is 3.29. The monoisotopic (exact) mass is 347 g/mol. The number of nitrogens with one attached hydrogen (secondary N) is 1. The van der Waals surface area contributed by atoms with E-state index in [9.17, 15) is 4.79 Å². The van der Waals surface area contributed by atoms with Crippen molar-refractivity contribution in [2.75, 3.05) is 19.8 Å². The van der Waals surface area contributed by atoms with Gasteiger partial charge in [0.1, 0.15) is 11.3 Å². The molecule has 4 N–H and O–H groups in total. The Labute approximate surface area is 125 Å². The van der Waals surface area contributed by atoms with Gasteiger partial charge in [0.15, 0.2) is 6.10 Å². The van der Waals surface area contributed by atoms with E-state index in [1.807, 2.05) is 0 Å². The third-order valence-electron chi connectivity index (χ3n) is 2.79. The van der Waals surface area contributed by atoms with E-state index in [0.29, 0.717) is 5.75 Å². The molecular weight excluding hydrogens is 330 g/mol. The van der Waals surface area contributed by atoms with Crippen LogP contribution in [0.5, 0.6) is 5.75 Å². The maximum absolute atomic E-state index is 11.9.